The van der Waals surface area contributed by atoms with E-state index in [1.807, 2.05) is 12.1 Å². The van der Waals surface area contributed by atoms with Crippen LogP contribution in [0.5, 0.6) is 11.5 Å². The van der Waals surface area contributed by atoms with Crippen LogP contribution >= 0.6 is 0 Å². The molecule has 0 unspecified atom stereocenters. The van der Waals surface area contributed by atoms with Gasteiger partial charge in [-0.1, -0.05) is 6.07 Å². The second-order valence-electron chi connectivity index (χ2n) is 6.79. The second-order valence-corrected chi connectivity index (χ2v) is 8.73. The number of aryl methyl sites for hydroxylation is 2. The van der Waals surface area contributed by atoms with E-state index in [1.54, 1.807) is 6.07 Å². The highest BCUT2D eigenvalue weighted by Crippen LogP contribution is 2.35. The number of ether oxygens (including phenoxy) is 2. The van der Waals surface area contributed by atoms with Crippen LogP contribution in [-0.2, 0) is 27.6 Å². The van der Waals surface area contributed by atoms with Gasteiger partial charge in [0.15, 0.2) is 0 Å². The predicted molar refractivity (Wildman–Crippen MR) is 101 cm³/mol. The normalized spacial score (nSPS) is 17.3. The molecule has 0 N–H and O–H groups in total. The number of hydrogen-bond donors (Lipinski definition) is 0. The van der Waals surface area contributed by atoms with E-state index in [9.17, 15) is 18.5 Å². The van der Waals surface area contributed by atoms with E-state index in [4.69, 9.17) is 9.47 Å². The predicted octanol–water partition coefficient (Wildman–Crippen LogP) is 2.90. The van der Waals surface area contributed by atoms with Gasteiger partial charge in [-0.05, 0) is 54.7 Å². The lowest BCUT2D eigenvalue weighted by atomic mass is 10.1. The fourth-order valence-corrected chi connectivity index (χ4v) is 4.99. The standard InChI is InChI=1S/C19H20N2O6S/c22-21(23)18-13-17(28(24,25)20-8-10-26-11-9-20)6-7-19(18)27-16-5-4-14-2-1-3-15(14)12-16/h4-7,12-13H,1-3,8-11H2. The maximum Gasteiger partial charge on any atom is 0.312 e. The largest absolute Gasteiger partial charge is 0.450 e. The van der Waals surface area contributed by atoms with Crippen molar-refractivity contribution in [3.63, 3.8) is 0 Å². The van der Waals surface area contributed by atoms with Crippen LogP contribution in [0.15, 0.2) is 41.3 Å². The third-order valence-corrected chi connectivity index (χ3v) is 6.93. The molecule has 2 aliphatic rings. The van der Waals surface area contributed by atoms with Crippen molar-refractivity contribution < 1.29 is 22.8 Å². The van der Waals surface area contributed by atoms with E-state index >= 15 is 0 Å². The third kappa shape index (κ3) is 3.60. The summed E-state index contributed by atoms with van der Waals surface area (Å²) in [4.78, 5) is 10.8. The molecular formula is C19H20N2O6S. The number of morpholine rings is 1. The van der Waals surface area contributed by atoms with Gasteiger partial charge in [0.2, 0.25) is 15.8 Å². The molecule has 148 valence electrons. The zero-order chi connectivity index (χ0) is 19.7. The zero-order valence-corrected chi connectivity index (χ0v) is 16.0. The summed E-state index contributed by atoms with van der Waals surface area (Å²) >= 11 is 0. The van der Waals surface area contributed by atoms with Gasteiger partial charge in [0, 0.05) is 19.2 Å². The first-order chi connectivity index (χ1) is 13.4. The average Bonchev–Trinajstić information content (AvgIpc) is 3.16. The Morgan fingerprint density at radius 2 is 1.79 bits per heavy atom. The van der Waals surface area contributed by atoms with Crippen molar-refractivity contribution in [1.29, 1.82) is 0 Å². The van der Waals surface area contributed by atoms with Crippen LogP contribution in [0.25, 0.3) is 0 Å². The Morgan fingerprint density at radius 3 is 2.54 bits per heavy atom. The third-order valence-electron chi connectivity index (χ3n) is 5.03. The smallest absolute Gasteiger partial charge is 0.312 e. The van der Waals surface area contributed by atoms with Crippen molar-refractivity contribution in [3.05, 3.63) is 57.6 Å². The van der Waals surface area contributed by atoms with E-state index < -0.39 is 14.9 Å². The van der Waals surface area contributed by atoms with Gasteiger partial charge in [0.1, 0.15) is 5.75 Å². The fraction of sp³-hybridized carbons (Fsp3) is 0.368. The molecule has 8 nitrogen and oxygen atoms in total. The summed E-state index contributed by atoms with van der Waals surface area (Å²) in [5, 5.41) is 11.6. The molecule has 0 aromatic heterocycles. The molecule has 1 aliphatic carbocycles. The number of benzene rings is 2. The molecule has 0 spiro atoms. The molecule has 2 aromatic rings. The van der Waals surface area contributed by atoms with Gasteiger partial charge in [0.05, 0.1) is 23.0 Å². The Labute approximate surface area is 162 Å². The molecular weight excluding hydrogens is 384 g/mol. The zero-order valence-electron chi connectivity index (χ0n) is 15.2. The number of rotatable bonds is 5. The van der Waals surface area contributed by atoms with Crippen molar-refractivity contribution in [1.82, 2.24) is 4.31 Å². The molecule has 1 saturated heterocycles. The first-order valence-corrected chi connectivity index (χ1v) is 10.6. The molecule has 0 radical (unpaired) electrons. The van der Waals surface area contributed by atoms with E-state index in [-0.39, 0.29) is 29.4 Å². The monoisotopic (exact) mass is 404 g/mol. The van der Waals surface area contributed by atoms with E-state index in [0.717, 1.165) is 25.3 Å². The van der Waals surface area contributed by atoms with E-state index in [0.29, 0.717) is 19.0 Å². The Kier molecular flexibility index (Phi) is 5.05. The van der Waals surface area contributed by atoms with Gasteiger partial charge in [-0.15, -0.1) is 0 Å². The molecule has 1 fully saturated rings. The van der Waals surface area contributed by atoms with Gasteiger partial charge >= 0.3 is 5.69 Å². The molecule has 0 bridgehead atoms. The summed E-state index contributed by atoms with van der Waals surface area (Å²) < 4.78 is 37.7. The molecule has 28 heavy (non-hydrogen) atoms. The molecule has 1 aliphatic heterocycles. The molecule has 2 aromatic carbocycles. The van der Waals surface area contributed by atoms with Crippen LogP contribution in [0.2, 0.25) is 0 Å². The Hall–Kier alpha value is -2.49. The van der Waals surface area contributed by atoms with E-state index in [2.05, 4.69) is 0 Å². The maximum absolute atomic E-state index is 12.8. The molecule has 0 amide bonds. The quantitative estimate of drug-likeness (QED) is 0.561. The summed E-state index contributed by atoms with van der Waals surface area (Å²) in [5.41, 5.74) is 2.08. The highest BCUT2D eigenvalue weighted by molar-refractivity contribution is 7.89. The first kappa shape index (κ1) is 18.9. The van der Waals surface area contributed by atoms with Crippen molar-refractivity contribution in [2.45, 2.75) is 24.2 Å². The van der Waals surface area contributed by atoms with Gasteiger partial charge in [-0.3, -0.25) is 10.1 Å². The van der Waals surface area contributed by atoms with Gasteiger partial charge in [0.25, 0.3) is 0 Å². The average molecular weight is 404 g/mol. The second kappa shape index (κ2) is 7.50. The molecule has 1 heterocycles. The van der Waals surface area contributed by atoms with Crippen LogP contribution in [0.4, 0.5) is 5.69 Å². The number of nitro groups is 1. The Balaban J connectivity index is 1.65. The minimum absolute atomic E-state index is 0.0175. The lowest BCUT2D eigenvalue weighted by molar-refractivity contribution is -0.385. The highest BCUT2D eigenvalue weighted by Gasteiger charge is 2.29. The topological polar surface area (TPSA) is 99.0 Å². The lowest BCUT2D eigenvalue weighted by Crippen LogP contribution is -2.40. The molecule has 0 atom stereocenters. The number of sulfonamides is 1. The number of fused-ring (bicyclic) bond motifs is 1. The van der Waals surface area contributed by atoms with Gasteiger partial charge in [-0.2, -0.15) is 4.31 Å². The summed E-state index contributed by atoms with van der Waals surface area (Å²) in [5.74, 6) is 0.524. The number of hydrogen-bond acceptors (Lipinski definition) is 6. The number of nitrogens with zero attached hydrogens (tertiary/aromatic N) is 2. The lowest BCUT2D eigenvalue weighted by Gasteiger charge is -2.26. The van der Waals surface area contributed by atoms with Crippen LogP contribution in [0.1, 0.15) is 17.5 Å². The summed E-state index contributed by atoms with van der Waals surface area (Å²) in [7, 11) is -3.82. The van der Waals surface area contributed by atoms with Crippen molar-refractivity contribution >= 4 is 15.7 Å². The van der Waals surface area contributed by atoms with Crippen molar-refractivity contribution in [3.8, 4) is 11.5 Å². The Morgan fingerprint density at radius 1 is 1.04 bits per heavy atom. The fourth-order valence-electron chi connectivity index (χ4n) is 3.56. The minimum atomic E-state index is -3.82. The summed E-state index contributed by atoms with van der Waals surface area (Å²) in [6.07, 6.45) is 3.09. The molecule has 4 rings (SSSR count). The van der Waals surface area contributed by atoms with Gasteiger partial charge < -0.3 is 9.47 Å². The SMILES string of the molecule is O=[N+]([O-])c1cc(S(=O)(=O)N2CCOCC2)ccc1Oc1ccc2c(c1)CCC2. The van der Waals surface area contributed by atoms with Crippen LogP contribution in [-0.4, -0.2) is 43.9 Å². The van der Waals surface area contributed by atoms with Crippen molar-refractivity contribution in [2.24, 2.45) is 0 Å². The van der Waals surface area contributed by atoms with E-state index in [1.165, 1.54) is 27.6 Å². The number of nitro benzene ring substituents is 1. The van der Waals surface area contributed by atoms with Crippen LogP contribution in [0, 0.1) is 10.1 Å². The van der Waals surface area contributed by atoms with Gasteiger partial charge in [-0.25, -0.2) is 8.42 Å². The Bertz CT molecular complexity index is 1020. The summed E-state index contributed by atoms with van der Waals surface area (Å²) in [6, 6.07) is 9.41. The van der Waals surface area contributed by atoms with Crippen LogP contribution < -0.4 is 4.74 Å². The van der Waals surface area contributed by atoms with Crippen molar-refractivity contribution in [2.75, 3.05) is 26.3 Å². The van der Waals surface area contributed by atoms with Crippen LogP contribution in [0.3, 0.4) is 0 Å². The molecule has 0 saturated carbocycles. The first-order valence-electron chi connectivity index (χ1n) is 9.11. The highest BCUT2D eigenvalue weighted by atomic mass is 32.2. The maximum atomic E-state index is 12.8. The summed E-state index contributed by atoms with van der Waals surface area (Å²) in [6.45, 7) is 1.06. The molecule has 9 heteroatoms. The minimum Gasteiger partial charge on any atom is -0.450 e.